The minimum absolute atomic E-state index is 0.205. The Hall–Kier alpha value is -1.13. The average molecular weight is 284 g/mol. The van der Waals surface area contributed by atoms with E-state index in [-0.39, 0.29) is 19.1 Å². The van der Waals surface area contributed by atoms with Gasteiger partial charge in [-0.05, 0) is 6.07 Å². The first kappa shape index (κ1) is 12.9. The van der Waals surface area contributed by atoms with Crippen molar-refractivity contribution in [2.45, 2.75) is 6.61 Å². The zero-order chi connectivity index (χ0) is 11.8. The third-order valence-electron chi connectivity index (χ3n) is 1.90. The molecule has 3 nitrogen and oxygen atoms in total. The molecular weight excluding hydrogens is 270 g/mol. The minimum atomic E-state index is -0.266. The molecule has 86 valence electrons. The molecule has 0 aliphatic carbocycles. The monoisotopic (exact) mass is 283 g/mol. The minimum Gasteiger partial charge on any atom is -0.460 e. The van der Waals surface area contributed by atoms with Crippen molar-refractivity contribution in [2.75, 3.05) is 13.1 Å². The van der Waals surface area contributed by atoms with Crippen molar-refractivity contribution in [3.05, 3.63) is 47.0 Å². The number of carbonyl (C=O) groups excluding carboxylic acids is 1. The highest BCUT2D eigenvalue weighted by atomic mass is 79.9. The van der Waals surface area contributed by atoms with E-state index in [1.54, 1.807) is 6.08 Å². The predicted octanol–water partition coefficient (Wildman–Crippen LogP) is 2.27. The van der Waals surface area contributed by atoms with Crippen LogP contribution in [0.25, 0.3) is 0 Å². The molecule has 0 aliphatic heterocycles. The van der Waals surface area contributed by atoms with Crippen molar-refractivity contribution >= 4 is 21.9 Å². The molecule has 0 radical (unpaired) electrons. The van der Waals surface area contributed by atoms with Crippen molar-refractivity contribution in [1.82, 2.24) is 5.32 Å². The van der Waals surface area contributed by atoms with Gasteiger partial charge in [0.25, 0.3) is 0 Å². The van der Waals surface area contributed by atoms with Crippen molar-refractivity contribution in [2.24, 2.45) is 0 Å². The largest absolute Gasteiger partial charge is 0.460 e. The molecule has 0 saturated heterocycles. The van der Waals surface area contributed by atoms with Gasteiger partial charge in [-0.25, -0.2) is 0 Å². The van der Waals surface area contributed by atoms with Gasteiger partial charge < -0.3 is 10.1 Å². The molecule has 16 heavy (non-hydrogen) atoms. The van der Waals surface area contributed by atoms with Gasteiger partial charge in [-0.1, -0.05) is 40.2 Å². The van der Waals surface area contributed by atoms with E-state index in [2.05, 4.69) is 27.8 Å². The first-order chi connectivity index (χ1) is 7.74. The standard InChI is InChI=1S/C12H14BrNO2/c1-2-7-14-8-12(15)16-9-10-5-3-4-6-11(10)13/h2-6,14H,1,7-9H2. The van der Waals surface area contributed by atoms with Gasteiger partial charge >= 0.3 is 5.97 Å². The van der Waals surface area contributed by atoms with Gasteiger partial charge in [-0.15, -0.1) is 6.58 Å². The van der Waals surface area contributed by atoms with E-state index in [1.807, 2.05) is 24.3 Å². The number of rotatable bonds is 6. The first-order valence-electron chi connectivity index (χ1n) is 4.94. The maximum absolute atomic E-state index is 11.3. The second kappa shape index (κ2) is 7.19. The van der Waals surface area contributed by atoms with Crippen molar-refractivity contribution < 1.29 is 9.53 Å². The van der Waals surface area contributed by atoms with E-state index in [9.17, 15) is 4.79 Å². The van der Waals surface area contributed by atoms with Crippen LogP contribution in [0.2, 0.25) is 0 Å². The Balaban J connectivity index is 2.31. The van der Waals surface area contributed by atoms with Gasteiger partial charge in [0.15, 0.2) is 0 Å². The second-order valence-corrected chi connectivity index (χ2v) is 4.03. The van der Waals surface area contributed by atoms with Crippen LogP contribution in [0.3, 0.4) is 0 Å². The maximum atomic E-state index is 11.3. The van der Waals surface area contributed by atoms with Crippen molar-refractivity contribution in [1.29, 1.82) is 0 Å². The highest BCUT2D eigenvalue weighted by molar-refractivity contribution is 9.10. The van der Waals surface area contributed by atoms with Crippen molar-refractivity contribution in [3.8, 4) is 0 Å². The van der Waals surface area contributed by atoms with Gasteiger partial charge in [0.05, 0.1) is 6.54 Å². The predicted molar refractivity (Wildman–Crippen MR) is 67.0 cm³/mol. The topological polar surface area (TPSA) is 38.3 Å². The molecule has 1 aromatic carbocycles. The van der Waals surface area contributed by atoms with Crippen LogP contribution in [-0.4, -0.2) is 19.1 Å². The van der Waals surface area contributed by atoms with Crippen LogP contribution in [0.4, 0.5) is 0 Å². The zero-order valence-electron chi connectivity index (χ0n) is 8.91. The molecule has 1 rings (SSSR count). The summed E-state index contributed by atoms with van der Waals surface area (Å²) in [5.41, 5.74) is 0.958. The number of hydrogen-bond donors (Lipinski definition) is 1. The molecule has 0 aliphatic rings. The molecule has 0 spiro atoms. The summed E-state index contributed by atoms with van der Waals surface area (Å²) in [4.78, 5) is 11.3. The number of carbonyl (C=O) groups is 1. The fraction of sp³-hybridized carbons (Fsp3) is 0.250. The number of esters is 1. The summed E-state index contributed by atoms with van der Waals surface area (Å²) in [7, 11) is 0. The lowest BCUT2D eigenvalue weighted by Gasteiger charge is -2.06. The summed E-state index contributed by atoms with van der Waals surface area (Å²) in [5, 5.41) is 2.88. The molecule has 1 N–H and O–H groups in total. The fourth-order valence-electron chi connectivity index (χ4n) is 1.10. The lowest BCUT2D eigenvalue weighted by molar-refractivity contribution is -0.143. The molecule has 0 unspecified atom stereocenters. The SMILES string of the molecule is C=CCNCC(=O)OCc1ccccc1Br. The number of nitrogens with one attached hydrogen (secondary N) is 1. The fourth-order valence-corrected chi connectivity index (χ4v) is 1.50. The van der Waals surface area contributed by atoms with Crippen LogP contribution >= 0.6 is 15.9 Å². The van der Waals surface area contributed by atoms with Crippen LogP contribution < -0.4 is 5.32 Å². The van der Waals surface area contributed by atoms with Crippen LogP contribution in [0.1, 0.15) is 5.56 Å². The number of halogens is 1. The molecule has 0 atom stereocenters. The third kappa shape index (κ3) is 4.59. The van der Waals surface area contributed by atoms with E-state index < -0.39 is 0 Å². The highest BCUT2D eigenvalue weighted by Crippen LogP contribution is 2.16. The van der Waals surface area contributed by atoms with Gasteiger partial charge in [0, 0.05) is 16.6 Å². The van der Waals surface area contributed by atoms with Gasteiger partial charge in [0.2, 0.25) is 0 Å². The Morgan fingerprint density at radius 2 is 2.25 bits per heavy atom. The third-order valence-corrected chi connectivity index (χ3v) is 2.68. The molecule has 0 bridgehead atoms. The Morgan fingerprint density at radius 1 is 1.50 bits per heavy atom. The summed E-state index contributed by atoms with van der Waals surface area (Å²) >= 11 is 3.39. The Labute approximate surface area is 104 Å². The van der Waals surface area contributed by atoms with E-state index >= 15 is 0 Å². The van der Waals surface area contributed by atoms with Gasteiger partial charge in [0.1, 0.15) is 6.61 Å². The van der Waals surface area contributed by atoms with Crippen LogP contribution in [-0.2, 0) is 16.1 Å². The summed E-state index contributed by atoms with van der Waals surface area (Å²) < 4.78 is 6.04. The molecule has 0 amide bonds. The molecule has 0 fully saturated rings. The smallest absolute Gasteiger partial charge is 0.320 e. The quantitative estimate of drug-likeness (QED) is 0.495. The Kier molecular flexibility index (Phi) is 5.82. The number of ether oxygens (including phenoxy) is 1. The van der Waals surface area contributed by atoms with Gasteiger partial charge in [-0.3, -0.25) is 4.79 Å². The molecule has 0 heterocycles. The van der Waals surface area contributed by atoms with Crippen LogP contribution in [0.15, 0.2) is 41.4 Å². The van der Waals surface area contributed by atoms with E-state index in [4.69, 9.17) is 4.74 Å². The van der Waals surface area contributed by atoms with Crippen molar-refractivity contribution in [3.63, 3.8) is 0 Å². The molecular formula is C12H14BrNO2. The summed E-state index contributed by atoms with van der Waals surface area (Å²) in [6.07, 6.45) is 1.70. The lowest BCUT2D eigenvalue weighted by atomic mass is 10.2. The molecule has 0 aromatic heterocycles. The average Bonchev–Trinajstić information content (AvgIpc) is 2.28. The van der Waals surface area contributed by atoms with E-state index in [0.717, 1.165) is 10.0 Å². The normalized spacial score (nSPS) is 9.81. The lowest BCUT2D eigenvalue weighted by Crippen LogP contribution is -2.24. The second-order valence-electron chi connectivity index (χ2n) is 3.17. The summed E-state index contributed by atoms with van der Waals surface area (Å²) in [6, 6.07) is 7.65. The zero-order valence-corrected chi connectivity index (χ0v) is 10.5. The molecule has 4 heteroatoms. The van der Waals surface area contributed by atoms with Crippen LogP contribution in [0.5, 0.6) is 0 Å². The first-order valence-corrected chi connectivity index (χ1v) is 5.74. The number of hydrogen-bond acceptors (Lipinski definition) is 3. The van der Waals surface area contributed by atoms with E-state index in [1.165, 1.54) is 0 Å². The highest BCUT2D eigenvalue weighted by Gasteiger charge is 2.03. The number of benzene rings is 1. The Bertz CT molecular complexity index is 366. The summed E-state index contributed by atoms with van der Waals surface area (Å²) in [5.74, 6) is -0.266. The molecule has 1 aromatic rings. The van der Waals surface area contributed by atoms with Gasteiger partial charge in [-0.2, -0.15) is 0 Å². The summed E-state index contributed by atoms with van der Waals surface area (Å²) in [6.45, 7) is 4.64. The maximum Gasteiger partial charge on any atom is 0.320 e. The van der Waals surface area contributed by atoms with Crippen LogP contribution in [0, 0.1) is 0 Å². The molecule has 0 saturated carbocycles. The Morgan fingerprint density at radius 3 is 2.94 bits per heavy atom. The van der Waals surface area contributed by atoms with E-state index in [0.29, 0.717) is 6.54 Å².